The number of nitrogens with zero attached hydrogens (tertiary/aromatic N) is 1. The molecule has 0 atom stereocenters. The lowest BCUT2D eigenvalue weighted by atomic mass is 10.1. The molecule has 2 heterocycles. The highest BCUT2D eigenvalue weighted by Crippen LogP contribution is 2.38. The van der Waals surface area contributed by atoms with E-state index in [-0.39, 0.29) is 0 Å². The third kappa shape index (κ3) is 1.81. The first-order chi connectivity index (χ1) is 9.72. The van der Waals surface area contributed by atoms with Gasteiger partial charge in [0.15, 0.2) is 0 Å². The van der Waals surface area contributed by atoms with Crippen LogP contribution in [0, 0.1) is 0 Å². The van der Waals surface area contributed by atoms with Gasteiger partial charge in [0.25, 0.3) is 0 Å². The van der Waals surface area contributed by atoms with Gasteiger partial charge in [-0.3, -0.25) is 0 Å². The second kappa shape index (κ2) is 4.47. The molecule has 2 aromatic carbocycles. The van der Waals surface area contributed by atoms with Gasteiger partial charge in [0.1, 0.15) is 0 Å². The van der Waals surface area contributed by atoms with Crippen molar-refractivity contribution in [3.05, 3.63) is 70.0 Å². The highest BCUT2D eigenvalue weighted by atomic mass is 79.9. The van der Waals surface area contributed by atoms with E-state index in [1.807, 2.05) is 0 Å². The zero-order chi connectivity index (χ0) is 13.7. The molecule has 0 unspecified atom stereocenters. The number of hydrogen-bond donors (Lipinski definition) is 0. The zero-order valence-electron chi connectivity index (χ0n) is 10.8. The third-order valence-electron chi connectivity index (χ3n) is 3.79. The molecular weight excluding hydrogens is 330 g/mol. The van der Waals surface area contributed by atoms with Crippen molar-refractivity contribution >= 4 is 48.7 Å². The summed E-state index contributed by atoms with van der Waals surface area (Å²) in [5.74, 6) is 0. The van der Waals surface area contributed by atoms with E-state index in [1.54, 1.807) is 11.3 Å². The average molecular weight is 342 g/mol. The van der Waals surface area contributed by atoms with E-state index in [9.17, 15) is 0 Å². The Balaban J connectivity index is 1.79. The summed E-state index contributed by atoms with van der Waals surface area (Å²) in [6.45, 7) is 5.17. The number of fused-ring (bicyclic) bond motifs is 2. The fraction of sp³-hybridized carbons (Fsp3) is 0.0588. The lowest BCUT2D eigenvalue weighted by Crippen LogP contribution is -2.12. The maximum Gasteiger partial charge on any atom is 0.0488 e. The lowest BCUT2D eigenvalue weighted by molar-refractivity contribution is 1.04. The van der Waals surface area contributed by atoms with E-state index >= 15 is 0 Å². The standard InChI is InChI=1S/C17H12BrNS/c1-11-16-8-14(18)4-2-13(16)10-19(11)15-5-3-12-6-7-20-17(12)9-15/h2-9H,1,10H2. The van der Waals surface area contributed by atoms with Crippen LogP contribution in [0.2, 0.25) is 0 Å². The number of benzene rings is 2. The van der Waals surface area contributed by atoms with Gasteiger partial charge >= 0.3 is 0 Å². The molecule has 0 fully saturated rings. The molecule has 1 aromatic heterocycles. The molecule has 0 aliphatic carbocycles. The van der Waals surface area contributed by atoms with Crippen LogP contribution in [0.4, 0.5) is 5.69 Å². The topological polar surface area (TPSA) is 3.24 Å². The Morgan fingerprint density at radius 3 is 2.90 bits per heavy atom. The Kier molecular flexibility index (Phi) is 2.72. The molecule has 0 saturated heterocycles. The third-order valence-corrected chi connectivity index (χ3v) is 5.16. The van der Waals surface area contributed by atoms with Crippen molar-refractivity contribution in [2.45, 2.75) is 6.54 Å². The van der Waals surface area contributed by atoms with Gasteiger partial charge in [-0.05, 0) is 46.7 Å². The number of halogens is 1. The molecule has 0 saturated carbocycles. The number of anilines is 1. The Bertz CT molecular complexity index is 834. The lowest BCUT2D eigenvalue weighted by Gasteiger charge is -2.19. The van der Waals surface area contributed by atoms with Crippen LogP contribution in [0.5, 0.6) is 0 Å². The minimum Gasteiger partial charge on any atom is -0.337 e. The largest absolute Gasteiger partial charge is 0.337 e. The number of rotatable bonds is 1. The Hall–Kier alpha value is -1.58. The second-order valence-electron chi connectivity index (χ2n) is 4.98. The van der Waals surface area contributed by atoms with Gasteiger partial charge in [-0.15, -0.1) is 11.3 Å². The summed E-state index contributed by atoms with van der Waals surface area (Å²) < 4.78 is 2.43. The van der Waals surface area contributed by atoms with Crippen molar-refractivity contribution in [2.75, 3.05) is 4.90 Å². The second-order valence-corrected chi connectivity index (χ2v) is 6.84. The van der Waals surface area contributed by atoms with Gasteiger partial charge in [-0.1, -0.05) is 34.6 Å². The molecule has 4 rings (SSSR count). The van der Waals surface area contributed by atoms with Crippen molar-refractivity contribution < 1.29 is 0 Å². The minimum absolute atomic E-state index is 0.901. The molecule has 3 heteroatoms. The SMILES string of the molecule is C=C1c2cc(Br)ccc2CN1c1ccc2ccsc2c1. The molecular formula is C17H12BrNS. The summed E-state index contributed by atoms with van der Waals surface area (Å²) in [7, 11) is 0. The summed E-state index contributed by atoms with van der Waals surface area (Å²) in [5.41, 5.74) is 4.88. The van der Waals surface area contributed by atoms with Crippen molar-refractivity contribution in [3.8, 4) is 0 Å². The minimum atomic E-state index is 0.901. The first kappa shape index (κ1) is 12.2. The summed E-state index contributed by atoms with van der Waals surface area (Å²) in [5, 5.41) is 3.45. The van der Waals surface area contributed by atoms with E-state index in [4.69, 9.17) is 0 Å². The van der Waals surface area contributed by atoms with E-state index in [2.05, 4.69) is 75.3 Å². The molecule has 0 amide bonds. The normalized spacial score (nSPS) is 14.1. The van der Waals surface area contributed by atoms with Crippen LogP contribution in [0.15, 0.2) is 58.9 Å². The van der Waals surface area contributed by atoms with E-state index < -0.39 is 0 Å². The molecule has 0 bridgehead atoms. The summed E-state index contributed by atoms with van der Waals surface area (Å²) in [6.07, 6.45) is 0. The molecule has 20 heavy (non-hydrogen) atoms. The van der Waals surface area contributed by atoms with Crippen molar-refractivity contribution in [1.82, 2.24) is 0 Å². The smallest absolute Gasteiger partial charge is 0.0488 e. The Morgan fingerprint density at radius 1 is 1.10 bits per heavy atom. The average Bonchev–Trinajstić information content (AvgIpc) is 3.03. The first-order valence-corrected chi connectivity index (χ1v) is 8.12. The van der Waals surface area contributed by atoms with E-state index in [0.717, 1.165) is 16.7 Å². The zero-order valence-corrected chi connectivity index (χ0v) is 13.2. The van der Waals surface area contributed by atoms with Gasteiger partial charge in [0.05, 0.1) is 0 Å². The molecule has 0 spiro atoms. The van der Waals surface area contributed by atoms with Gasteiger partial charge < -0.3 is 4.90 Å². The van der Waals surface area contributed by atoms with Crippen LogP contribution in [-0.4, -0.2) is 0 Å². The molecule has 1 aliphatic rings. The van der Waals surface area contributed by atoms with Crippen LogP contribution >= 0.6 is 27.3 Å². The predicted octanol–water partition coefficient (Wildman–Crippen LogP) is 5.65. The van der Waals surface area contributed by atoms with E-state index in [1.165, 1.54) is 26.9 Å². The highest BCUT2D eigenvalue weighted by molar-refractivity contribution is 9.10. The van der Waals surface area contributed by atoms with Crippen LogP contribution in [0.3, 0.4) is 0 Å². The summed E-state index contributed by atoms with van der Waals surface area (Å²) in [4.78, 5) is 2.29. The molecule has 1 aliphatic heterocycles. The summed E-state index contributed by atoms with van der Waals surface area (Å²) in [6, 6.07) is 15.2. The Labute approximate surface area is 130 Å². The van der Waals surface area contributed by atoms with Crippen LogP contribution in [0.25, 0.3) is 15.8 Å². The molecule has 3 aromatic rings. The van der Waals surface area contributed by atoms with Gasteiger partial charge in [0.2, 0.25) is 0 Å². The fourth-order valence-corrected chi connectivity index (χ4v) is 3.91. The quantitative estimate of drug-likeness (QED) is 0.552. The van der Waals surface area contributed by atoms with Crippen molar-refractivity contribution in [2.24, 2.45) is 0 Å². The first-order valence-electron chi connectivity index (χ1n) is 6.45. The van der Waals surface area contributed by atoms with Crippen LogP contribution in [-0.2, 0) is 6.54 Å². The van der Waals surface area contributed by atoms with Gasteiger partial charge in [-0.25, -0.2) is 0 Å². The van der Waals surface area contributed by atoms with Crippen LogP contribution in [0.1, 0.15) is 11.1 Å². The number of hydrogen-bond acceptors (Lipinski definition) is 2. The predicted molar refractivity (Wildman–Crippen MR) is 91.2 cm³/mol. The highest BCUT2D eigenvalue weighted by Gasteiger charge is 2.23. The molecule has 0 N–H and O–H groups in total. The fourth-order valence-electron chi connectivity index (χ4n) is 2.72. The molecule has 1 nitrogen and oxygen atoms in total. The number of thiophene rings is 1. The van der Waals surface area contributed by atoms with Gasteiger partial charge in [-0.2, -0.15) is 0 Å². The van der Waals surface area contributed by atoms with Gasteiger partial charge in [0, 0.05) is 32.7 Å². The van der Waals surface area contributed by atoms with Crippen LogP contribution < -0.4 is 4.90 Å². The van der Waals surface area contributed by atoms with Crippen molar-refractivity contribution in [3.63, 3.8) is 0 Å². The molecule has 0 radical (unpaired) electrons. The maximum atomic E-state index is 4.27. The monoisotopic (exact) mass is 341 g/mol. The molecule has 98 valence electrons. The van der Waals surface area contributed by atoms with E-state index in [0.29, 0.717) is 0 Å². The maximum absolute atomic E-state index is 4.27. The Morgan fingerprint density at radius 2 is 2.00 bits per heavy atom. The van der Waals surface area contributed by atoms with Crippen molar-refractivity contribution in [1.29, 1.82) is 0 Å². The summed E-state index contributed by atoms with van der Waals surface area (Å²) >= 11 is 5.32.